The Hall–Kier alpha value is -4.00. The van der Waals surface area contributed by atoms with E-state index in [-0.39, 0.29) is 64.7 Å². The molecule has 0 spiro atoms. The molecule has 10 nitrogen and oxygen atoms in total. The lowest BCUT2D eigenvalue weighted by atomic mass is 9.98. The molecule has 4 aromatic rings. The first-order chi connectivity index (χ1) is 20.0. The van der Waals surface area contributed by atoms with Crippen LogP contribution in [0.1, 0.15) is 39.0 Å². The molecule has 0 unspecified atom stereocenters. The van der Waals surface area contributed by atoms with Crippen LogP contribution in [0, 0.1) is 5.82 Å². The lowest BCUT2D eigenvalue weighted by molar-refractivity contribution is 0.0653. The summed E-state index contributed by atoms with van der Waals surface area (Å²) in [6, 6.07) is 12.0. The van der Waals surface area contributed by atoms with Crippen molar-refractivity contribution in [2.75, 3.05) is 12.0 Å². The Bertz CT molecular complexity index is 1760. The van der Waals surface area contributed by atoms with E-state index < -0.39 is 8.96 Å². The molecule has 1 aliphatic heterocycles. The maximum absolute atomic E-state index is 14.1. The van der Waals surface area contributed by atoms with Crippen LogP contribution in [0.25, 0.3) is 5.82 Å². The molecule has 0 bridgehead atoms. The zero-order valence-electron chi connectivity index (χ0n) is 23.2. The number of carbonyl (C=O) groups is 2. The molecule has 0 aliphatic carbocycles. The van der Waals surface area contributed by atoms with Gasteiger partial charge in [0.05, 0.1) is 22.3 Å². The highest BCUT2D eigenvalue weighted by Crippen LogP contribution is 2.27. The summed E-state index contributed by atoms with van der Waals surface area (Å²) in [4.78, 5) is 49.8. The minimum absolute atomic E-state index is 0.0917. The van der Waals surface area contributed by atoms with Gasteiger partial charge in [-0.3, -0.25) is 19.1 Å². The smallest absolute Gasteiger partial charge is 0.269 e. The first kappa shape index (κ1) is 29.5. The molecule has 2 amide bonds. The first-order valence-electron chi connectivity index (χ1n) is 13.0. The maximum Gasteiger partial charge on any atom is 0.269 e. The van der Waals surface area contributed by atoms with Crippen LogP contribution in [-0.2, 0) is 20.0 Å². The predicted molar refractivity (Wildman–Crippen MR) is 161 cm³/mol. The summed E-state index contributed by atoms with van der Waals surface area (Å²) in [5.41, 5.74) is 1.17. The van der Waals surface area contributed by atoms with Gasteiger partial charge in [-0.05, 0) is 55.4 Å². The van der Waals surface area contributed by atoms with E-state index >= 15 is 0 Å². The summed E-state index contributed by atoms with van der Waals surface area (Å²) >= 11 is 12.2. The molecule has 0 fully saturated rings. The summed E-state index contributed by atoms with van der Waals surface area (Å²) in [5, 5.41) is 8.48. The van der Waals surface area contributed by atoms with Gasteiger partial charge in [-0.25, -0.2) is 13.9 Å². The van der Waals surface area contributed by atoms with Crippen molar-refractivity contribution >= 4 is 55.1 Å². The minimum atomic E-state index is -1.58. The largest absolute Gasteiger partial charge is 0.377 e. The van der Waals surface area contributed by atoms with Crippen LogP contribution in [-0.4, -0.2) is 58.1 Å². The van der Waals surface area contributed by atoms with Crippen LogP contribution >= 0.6 is 23.2 Å². The lowest BCUT2D eigenvalue weighted by Crippen LogP contribution is -2.46. The lowest BCUT2D eigenvalue weighted by Gasteiger charge is -2.34. The van der Waals surface area contributed by atoms with Crippen molar-refractivity contribution in [1.82, 2.24) is 29.5 Å². The zero-order valence-corrected chi connectivity index (χ0v) is 25.7. The van der Waals surface area contributed by atoms with Crippen molar-refractivity contribution in [1.29, 1.82) is 0 Å². The third-order valence-electron chi connectivity index (χ3n) is 7.17. The first-order valence-corrected chi connectivity index (χ1v) is 15.8. The maximum atomic E-state index is 14.1. The highest BCUT2D eigenvalue weighted by Gasteiger charge is 2.33. The van der Waals surface area contributed by atoms with Gasteiger partial charge in [0.15, 0.2) is 5.82 Å². The number of halogens is 3. The Morgan fingerprint density at radius 3 is 2.48 bits per heavy atom. The zero-order chi connectivity index (χ0) is 30.3. The fourth-order valence-corrected chi connectivity index (χ4v) is 6.48. The molecular weight excluding hydrogens is 600 g/mol. The SMILES string of the molecule is CNC(=O)c1cc(-n2c(N[Si](C)c3ccc(F)cc3)nc3c(c2=O)C[C@@H](C)N(C(=O)c2ccc(Cl)c(Cl)c2)C3)nn1C. The van der Waals surface area contributed by atoms with Crippen LogP contribution in [0.5, 0.6) is 0 Å². The Labute approximate surface area is 252 Å². The number of anilines is 1. The van der Waals surface area contributed by atoms with Crippen molar-refractivity contribution in [3.8, 4) is 5.82 Å². The van der Waals surface area contributed by atoms with Gasteiger partial charge in [0.1, 0.15) is 11.5 Å². The molecule has 42 heavy (non-hydrogen) atoms. The average molecular weight is 628 g/mol. The van der Waals surface area contributed by atoms with Crippen molar-refractivity contribution in [3.63, 3.8) is 0 Å². The molecule has 1 aliphatic rings. The van der Waals surface area contributed by atoms with Crippen molar-refractivity contribution in [2.24, 2.45) is 7.05 Å². The van der Waals surface area contributed by atoms with Gasteiger partial charge in [0.2, 0.25) is 14.9 Å². The highest BCUT2D eigenvalue weighted by atomic mass is 35.5. The summed E-state index contributed by atoms with van der Waals surface area (Å²) in [6.07, 6.45) is 0.255. The van der Waals surface area contributed by atoms with Crippen molar-refractivity contribution in [2.45, 2.75) is 32.5 Å². The standard InChI is InChI=1S/C28H27Cl2FN7O3Si/c1-15-11-19-22(14-37(15)26(40)16-5-10-20(29)21(30)12-16)33-28(35-42(4)18-8-6-17(31)7-9-18)38(27(19)41)24-13-23(25(39)32-2)36(3)34-24/h5-10,12-13,15H,11,14H2,1-4H3,(H,32,39)(H,33,35)/t15-/m1/s1. The van der Waals surface area contributed by atoms with E-state index in [1.54, 1.807) is 36.2 Å². The second-order valence-electron chi connectivity index (χ2n) is 9.96. The number of aryl methyl sites for hydroxylation is 1. The fraction of sp³-hybridized carbons (Fsp3) is 0.250. The molecule has 3 heterocycles. The molecule has 1 atom stereocenters. The number of hydrogen-bond acceptors (Lipinski definition) is 6. The molecule has 2 aromatic heterocycles. The van der Waals surface area contributed by atoms with Crippen LogP contribution in [0.4, 0.5) is 10.3 Å². The van der Waals surface area contributed by atoms with Gasteiger partial charge in [-0.15, -0.1) is 0 Å². The van der Waals surface area contributed by atoms with Crippen LogP contribution in [0.15, 0.2) is 53.3 Å². The Morgan fingerprint density at radius 2 is 1.81 bits per heavy atom. The van der Waals surface area contributed by atoms with Gasteiger partial charge in [0, 0.05) is 37.3 Å². The summed E-state index contributed by atoms with van der Waals surface area (Å²) in [5.74, 6) is -0.555. The quantitative estimate of drug-likeness (QED) is 0.318. The average Bonchev–Trinajstić information content (AvgIpc) is 3.35. The topological polar surface area (TPSA) is 114 Å². The predicted octanol–water partition coefficient (Wildman–Crippen LogP) is 3.30. The number of carbonyl (C=O) groups excluding carboxylic acids is 2. The van der Waals surface area contributed by atoms with Crippen molar-refractivity contribution < 1.29 is 14.0 Å². The van der Waals surface area contributed by atoms with E-state index in [4.69, 9.17) is 28.2 Å². The summed E-state index contributed by atoms with van der Waals surface area (Å²) < 4.78 is 16.3. The van der Waals surface area contributed by atoms with Crippen LogP contribution < -0.4 is 21.0 Å². The van der Waals surface area contributed by atoms with Crippen LogP contribution in [0.3, 0.4) is 0 Å². The van der Waals surface area contributed by atoms with Gasteiger partial charge >= 0.3 is 0 Å². The highest BCUT2D eigenvalue weighted by molar-refractivity contribution is 6.74. The van der Waals surface area contributed by atoms with E-state index in [1.807, 2.05) is 13.5 Å². The molecule has 2 N–H and O–H groups in total. The molecule has 2 aromatic carbocycles. The second kappa shape index (κ2) is 11.7. The molecule has 0 saturated heterocycles. The normalized spacial score (nSPS) is 14.6. The number of nitrogens with zero attached hydrogens (tertiary/aromatic N) is 5. The number of hydrogen-bond donors (Lipinski definition) is 2. The van der Waals surface area contributed by atoms with Gasteiger partial charge in [-0.2, -0.15) is 5.10 Å². The number of amides is 2. The van der Waals surface area contributed by atoms with Crippen molar-refractivity contribution in [3.05, 3.63) is 97.3 Å². The van der Waals surface area contributed by atoms with Gasteiger partial charge < -0.3 is 15.2 Å². The van der Waals surface area contributed by atoms with E-state index in [1.165, 1.54) is 40.6 Å². The molecule has 14 heteroatoms. The monoisotopic (exact) mass is 626 g/mol. The Kier molecular flexibility index (Phi) is 8.22. The number of fused-ring (bicyclic) bond motifs is 1. The fourth-order valence-electron chi connectivity index (χ4n) is 4.86. The van der Waals surface area contributed by atoms with E-state index in [0.29, 0.717) is 21.8 Å². The Balaban J connectivity index is 1.60. The Morgan fingerprint density at radius 1 is 1.10 bits per heavy atom. The van der Waals surface area contributed by atoms with Gasteiger partial charge in [-0.1, -0.05) is 35.3 Å². The summed E-state index contributed by atoms with van der Waals surface area (Å²) in [6.45, 7) is 3.90. The molecule has 0 saturated carbocycles. The van der Waals surface area contributed by atoms with E-state index in [0.717, 1.165) is 5.19 Å². The molecular formula is C28H27Cl2FN7O3Si. The molecule has 1 radical (unpaired) electrons. The number of benzene rings is 2. The van der Waals surface area contributed by atoms with E-state index in [2.05, 4.69) is 15.4 Å². The number of aromatic nitrogens is 4. The number of nitrogens with one attached hydrogen (secondary N) is 2. The molecule has 5 rings (SSSR count). The third-order valence-corrected chi connectivity index (χ3v) is 9.71. The number of rotatable bonds is 6. The molecule has 217 valence electrons. The third kappa shape index (κ3) is 5.57. The minimum Gasteiger partial charge on any atom is -0.377 e. The van der Waals surface area contributed by atoms with Crippen LogP contribution in [0.2, 0.25) is 16.6 Å². The second-order valence-corrected chi connectivity index (χ2v) is 12.9. The van der Waals surface area contributed by atoms with Gasteiger partial charge in [0.25, 0.3) is 17.4 Å². The van der Waals surface area contributed by atoms with E-state index in [9.17, 15) is 18.8 Å². The summed E-state index contributed by atoms with van der Waals surface area (Å²) in [7, 11) is 1.54.